The first-order valence-electron chi connectivity index (χ1n) is 7.32. The largest absolute Gasteiger partial charge is 0.493 e. The monoisotopic (exact) mass is 285 g/mol. The van der Waals surface area contributed by atoms with Gasteiger partial charge in [0, 0.05) is 12.5 Å². The van der Waals surface area contributed by atoms with Crippen molar-refractivity contribution < 1.29 is 9.47 Å². The Kier molecular flexibility index (Phi) is 6.10. The van der Waals surface area contributed by atoms with Crippen LogP contribution in [0.25, 0.3) is 0 Å². The number of rotatable bonds is 8. The Morgan fingerprint density at radius 3 is 2.14 bits per heavy atom. The Morgan fingerprint density at radius 2 is 1.52 bits per heavy atom. The predicted octanol–water partition coefficient (Wildman–Crippen LogP) is 3.50. The van der Waals surface area contributed by atoms with Gasteiger partial charge >= 0.3 is 0 Å². The van der Waals surface area contributed by atoms with Gasteiger partial charge < -0.3 is 14.8 Å². The van der Waals surface area contributed by atoms with Crippen LogP contribution in [0.1, 0.15) is 12.5 Å². The molecular formula is C18H23NO2. The lowest BCUT2D eigenvalue weighted by Crippen LogP contribution is -2.21. The second-order valence-electron chi connectivity index (χ2n) is 5.22. The first-order valence-corrected chi connectivity index (χ1v) is 7.32. The highest BCUT2D eigenvalue weighted by molar-refractivity contribution is 5.31. The van der Waals surface area contributed by atoms with Gasteiger partial charge in [0.15, 0.2) is 0 Å². The minimum Gasteiger partial charge on any atom is -0.493 e. The van der Waals surface area contributed by atoms with Crippen molar-refractivity contribution in [3.63, 3.8) is 0 Å². The van der Waals surface area contributed by atoms with Crippen LogP contribution in [0.5, 0.6) is 11.5 Å². The maximum atomic E-state index is 5.75. The van der Waals surface area contributed by atoms with Gasteiger partial charge in [-0.25, -0.2) is 0 Å². The smallest absolute Gasteiger partial charge is 0.120 e. The van der Waals surface area contributed by atoms with E-state index in [0.29, 0.717) is 19.1 Å². The summed E-state index contributed by atoms with van der Waals surface area (Å²) in [6.07, 6.45) is 0. The van der Waals surface area contributed by atoms with E-state index in [0.717, 1.165) is 18.0 Å². The van der Waals surface area contributed by atoms with Gasteiger partial charge in [-0.1, -0.05) is 37.3 Å². The molecule has 0 aromatic heterocycles. The van der Waals surface area contributed by atoms with Crippen molar-refractivity contribution in [1.29, 1.82) is 0 Å². The third-order valence-corrected chi connectivity index (χ3v) is 3.16. The molecule has 0 aliphatic carbocycles. The molecule has 0 amide bonds. The highest BCUT2D eigenvalue weighted by Crippen LogP contribution is 2.19. The van der Waals surface area contributed by atoms with Crippen LogP contribution in [-0.4, -0.2) is 20.2 Å². The maximum absolute atomic E-state index is 5.75. The Hall–Kier alpha value is -2.00. The molecule has 3 heteroatoms. The molecule has 0 aliphatic heterocycles. The topological polar surface area (TPSA) is 30.5 Å². The molecule has 0 heterocycles. The molecule has 1 N–H and O–H groups in total. The van der Waals surface area contributed by atoms with E-state index in [2.05, 4.69) is 24.4 Å². The van der Waals surface area contributed by atoms with Crippen LogP contribution in [0.4, 0.5) is 0 Å². The van der Waals surface area contributed by atoms with Gasteiger partial charge in [0.1, 0.15) is 18.1 Å². The van der Waals surface area contributed by atoms with Gasteiger partial charge in [-0.3, -0.25) is 0 Å². The van der Waals surface area contributed by atoms with E-state index in [-0.39, 0.29) is 0 Å². The summed E-state index contributed by atoms with van der Waals surface area (Å²) < 4.78 is 11.5. The van der Waals surface area contributed by atoms with Crippen LogP contribution in [-0.2, 0) is 6.61 Å². The predicted molar refractivity (Wildman–Crippen MR) is 85.8 cm³/mol. The third kappa shape index (κ3) is 5.48. The fourth-order valence-electron chi connectivity index (χ4n) is 2.02. The van der Waals surface area contributed by atoms with Crippen molar-refractivity contribution in [2.45, 2.75) is 13.5 Å². The lowest BCUT2D eigenvalue weighted by atomic mass is 10.2. The summed E-state index contributed by atoms with van der Waals surface area (Å²) in [6, 6.07) is 17.9. The molecule has 0 aliphatic rings. The van der Waals surface area contributed by atoms with Crippen molar-refractivity contribution in [2.75, 3.05) is 20.2 Å². The summed E-state index contributed by atoms with van der Waals surface area (Å²) in [4.78, 5) is 0. The van der Waals surface area contributed by atoms with Crippen molar-refractivity contribution in [2.24, 2.45) is 5.92 Å². The number of hydrogen-bond acceptors (Lipinski definition) is 3. The average molecular weight is 285 g/mol. The SMILES string of the molecule is CNCC(C)COc1ccc(OCc2ccccc2)cc1. The molecule has 21 heavy (non-hydrogen) atoms. The molecule has 0 fully saturated rings. The molecule has 0 radical (unpaired) electrons. The summed E-state index contributed by atoms with van der Waals surface area (Å²) in [7, 11) is 1.95. The fourth-order valence-corrected chi connectivity index (χ4v) is 2.02. The van der Waals surface area contributed by atoms with Crippen molar-refractivity contribution in [3.8, 4) is 11.5 Å². The zero-order chi connectivity index (χ0) is 14.9. The molecule has 2 rings (SSSR count). The minimum atomic E-state index is 0.490. The lowest BCUT2D eigenvalue weighted by molar-refractivity contribution is 0.257. The van der Waals surface area contributed by atoms with Crippen LogP contribution >= 0.6 is 0 Å². The molecular weight excluding hydrogens is 262 g/mol. The molecule has 112 valence electrons. The average Bonchev–Trinajstić information content (AvgIpc) is 2.53. The summed E-state index contributed by atoms with van der Waals surface area (Å²) in [6.45, 7) is 4.41. The van der Waals surface area contributed by atoms with Gasteiger partial charge in [0.05, 0.1) is 6.61 Å². The highest BCUT2D eigenvalue weighted by atomic mass is 16.5. The van der Waals surface area contributed by atoms with E-state index in [1.807, 2.05) is 49.5 Å². The Balaban J connectivity index is 1.79. The molecule has 3 nitrogen and oxygen atoms in total. The zero-order valence-electron chi connectivity index (χ0n) is 12.7. The summed E-state index contributed by atoms with van der Waals surface area (Å²) in [5.74, 6) is 2.23. The van der Waals surface area contributed by atoms with Gasteiger partial charge in [0.25, 0.3) is 0 Å². The fraction of sp³-hybridized carbons (Fsp3) is 0.333. The summed E-state index contributed by atoms with van der Waals surface area (Å²) >= 11 is 0. The van der Waals surface area contributed by atoms with Gasteiger partial charge in [-0.2, -0.15) is 0 Å². The van der Waals surface area contributed by atoms with Crippen molar-refractivity contribution in [1.82, 2.24) is 5.32 Å². The number of hydrogen-bond donors (Lipinski definition) is 1. The standard InChI is InChI=1S/C18H23NO2/c1-15(12-19-2)13-20-17-8-10-18(11-9-17)21-14-16-6-4-3-5-7-16/h3-11,15,19H,12-14H2,1-2H3. The summed E-state index contributed by atoms with van der Waals surface area (Å²) in [5.41, 5.74) is 1.17. The molecule has 0 saturated heterocycles. The molecule has 1 unspecified atom stereocenters. The Bertz CT molecular complexity index is 511. The molecule has 2 aromatic carbocycles. The third-order valence-electron chi connectivity index (χ3n) is 3.16. The van der Waals surface area contributed by atoms with E-state index < -0.39 is 0 Å². The summed E-state index contributed by atoms with van der Waals surface area (Å²) in [5, 5.41) is 3.15. The second-order valence-corrected chi connectivity index (χ2v) is 5.22. The first kappa shape index (κ1) is 15.4. The van der Waals surface area contributed by atoms with E-state index in [9.17, 15) is 0 Å². The van der Waals surface area contributed by atoms with E-state index in [4.69, 9.17) is 9.47 Å². The Labute approximate surface area is 126 Å². The normalized spacial score (nSPS) is 11.9. The quantitative estimate of drug-likeness (QED) is 0.805. The second kappa shape index (κ2) is 8.32. The molecule has 2 aromatic rings. The maximum Gasteiger partial charge on any atom is 0.120 e. The number of benzene rings is 2. The Morgan fingerprint density at radius 1 is 0.905 bits per heavy atom. The minimum absolute atomic E-state index is 0.490. The molecule has 0 saturated carbocycles. The van der Waals surface area contributed by atoms with Crippen LogP contribution in [0.15, 0.2) is 54.6 Å². The molecule has 0 spiro atoms. The van der Waals surface area contributed by atoms with Gasteiger partial charge in [-0.15, -0.1) is 0 Å². The van der Waals surface area contributed by atoms with Gasteiger partial charge in [0.2, 0.25) is 0 Å². The van der Waals surface area contributed by atoms with Crippen LogP contribution in [0.2, 0.25) is 0 Å². The number of nitrogens with one attached hydrogen (secondary N) is 1. The van der Waals surface area contributed by atoms with E-state index in [1.54, 1.807) is 0 Å². The van der Waals surface area contributed by atoms with E-state index in [1.165, 1.54) is 5.56 Å². The van der Waals surface area contributed by atoms with E-state index >= 15 is 0 Å². The highest BCUT2D eigenvalue weighted by Gasteiger charge is 2.02. The van der Waals surface area contributed by atoms with Crippen molar-refractivity contribution >= 4 is 0 Å². The lowest BCUT2D eigenvalue weighted by Gasteiger charge is -2.13. The first-order chi connectivity index (χ1) is 10.3. The molecule has 1 atom stereocenters. The van der Waals surface area contributed by atoms with Gasteiger partial charge in [-0.05, 0) is 36.9 Å². The molecule has 0 bridgehead atoms. The van der Waals surface area contributed by atoms with Crippen molar-refractivity contribution in [3.05, 3.63) is 60.2 Å². The number of ether oxygens (including phenoxy) is 2. The van der Waals surface area contributed by atoms with Crippen LogP contribution in [0, 0.1) is 5.92 Å². The van der Waals surface area contributed by atoms with Crippen LogP contribution in [0.3, 0.4) is 0 Å². The zero-order valence-corrected chi connectivity index (χ0v) is 12.7. The van der Waals surface area contributed by atoms with Crippen LogP contribution < -0.4 is 14.8 Å².